The highest BCUT2D eigenvalue weighted by atomic mass is 16.4. The molecule has 1 aromatic carbocycles. The quantitative estimate of drug-likeness (QED) is 0.930. The Kier molecular flexibility index (Phi) is 3.22. The van der Waals surface area contributed by atoms with Gasteiger partial charge in [0.25, 0.3) is 0 Å². The van der Waals surface area contributed by atoms with Gasteiger partial charge in [-0.2, -0.15) is 0 Å². The largest absolute Gasteiger partial charge is 0.478 e. The third kappa shape index (κ3) is 2.18. The monoisotopic (exact) mass is 273 g/mol. The Morgan fingerprint density at radius 2 is 2.30 bits per heavy atom. The number of carboxylic acids is 1. The summed E-state index contributed by atoms with van der Waals surface area (Å²) in [4.78, 5) is 18.0. The van der Waals surface area contributed by atoms with Crippen LogP contribution in [-0.4, -0.2) is 45.2 Å². The number of hydrogen-bond donors (Lipinski definition) is 1. The van der Waals surface area contributed by atoms with E-state index in [1.807, 2.05) is 6.92 Å². The SMILES string of the molecule is Cc1nc2ccc(C(=O)O)cc2n1CC1CCCN1C. The van der Waals surface area contributed by atoms with Gasteiger partial charge in [-0.15, -0.1) is 0 Å². The summed E-state index contributed by atoms with van der Waals surface area (Å²) in [6, 6.07) is 5.65. The molecule has 1 unspecified atom stereocenters. The molecule has 1 atom stereocenters. The molecule has 1 aromatic heterocycles. The fraction of sp³-hybridized carbons (Fsp3) is 0.467. The van der Waals surface area contributed by atoms with Crippen molar-refractivity contribution < 1.29 is 9.90 Å². The number of carboxylic acid groups (broad SMARTS) is 1. The van der Waals surface area contributed by atoms with E-state index in [0.717, 1.165) is 29.9 Å². The number of hydrogen-bond acceptors (Lipinski definition) is 3. The zero-order chi connectivity index (χ0) is 14.3. The van der Waals surface area contributed by atoms with Crippen LogP contribution in [-0.2, 0) is 6.54 Å². The van der Waals surface area contributed by atoms with Gasteiger partial charge in [0.05, 0.1) is 16.6 Å². The normalized spacial score (nSPS) is 19.8. The first kappa shape index (κ1) is 13.1. The second kappa shape index (κ2) is 4.90. The van der Waals surface area contributed by atoms with Crippen LogP contribution in [0.2, 0.25) is 0 Å². The van der Waals surface area contributed by atoms with Gasteiger partial charge in [-0.3, -0.25) is 0 Å². The van der Waals surface area contributed by atoms with E-state index in [1.165, 1.54) is 12.8 Å². The average molecular weight is 273 g/mol. The van der Waals surface area contributed by atoms with Crippen molar-refractivity contribution in [1.82, 2.24) is 14.5 Å². The van der Waals surface area contributed by atoms with Gasteiger partial charge in [-0.1, -0.05) is 0 Å². The van der Waals surface area contributed by atoms with E-state index in [9.17, 15) is 4.79 Å². The standard InChI is InChI=1S/C15H19N3O2/c1-10-16-13-6-5-11(15(19)20)8-14(13)18(10)9-12-4-3-7-17(12)2/h5-6,8,12H,3-4,7,9H2,1-2H3,(H,19,20). The van der Waals surface area contributed by atoms with Gasteiger partial charge < -0.3 is 14.6 Å². The van der Waals surface area contributed by atoms with Crippen molar-refractivity contribution in [2.24, 2.45) is 0 Å². The number of benzene rings is 1. The number of nitrogens with zero attached hydrogens (tertiary/aromatic N) is 3. The molecular formula is C15H19N3O2. The molecule has 1 aliphatic heterocycles. The summed E-state index contributed by atoms with van der Waals surface area (Å²) >= 11 is 0. The van der Waals surface area contributed by atoms with Crippen LogP contribution in [0.3, 0.4) is 0 Å². The van der Waals surface area contributed by atoms with Crippen molar-refractivity contribution in [3.05, 3.63) is 29.6 Å². The molecule has 3 rings (SSSR count). The Balaban J connectivity index is 2.02. The molecule has 0 spiro atoms. The molecule has 0 amide bonds. The van der Waals surface area contributed by atoms with Gasteiger partial charge in [0, 0.05) is 12.6 Å². The van der Waals surface area contributed by atoms with Gasteiger partial charge in [0.1, 0.15) is 5.82 Å². The number of aromatic nitrogens is 2. The maximum absolute atomic E-state index is 11.1. The molecule has 0 saturated carbocycles. The number of aryl methyl sites for hydroxylation is 1. The summed E-state index contributed by atoms with van der Waals surface area (Å²) in [5.74, 6) is 0.0538. The molecule has 106 valence electrons. The maximum atomic E-state index is 11.1. The van der Waals surface area contributed by atoms with Crippen molar-refractivity contribution in [1.29, 1.82) is 0 Å². The average Bonchev–Trinajstić information content (AvgIpc) is 2.94. The molecule has 0 radical (unpaired) electrons. The first-order chi connectivity index (χ1) is 9.56. The predicted molar refractivity (Wildman–Crippen MR) is 77.1 cm³/mol. The second-order valence-electron chi connectivity index (χ2n) is 5.55. The summed E-state index contributed by atoms with van der Waals surface area (Å²) in [5, 5.41) is 9.13. The number of imidazole rings is 1. The molecule has 1 N–H and O–H groups in total. The summed E-state index contributed by atoms with van der Waals surface area (Å²) < 4.78 is 2.15. The Morgan fingerprint density at radius 3 is 2.95 bits per heavy atom. The van der Waals surface area contributed by atoms with E-state index in [1.54, 1.807) is 18.2 Å². The third-order valence-electron chi connectivity index (χ3n) is 4.25. The number of rotatable bonds is 3. The first-order valence-electron chi connectivity index (χ1n) is 6.96. The predicted octanol–water partition coefficient (Wildman–Crippen LogP) is 2.14. The molecule has 20 heavy (non-hydrogen) atoms. The lowest BCUT2D eigenvalue weighted by Crippen LogP contribution is -2.29. The minimum atomic E-state index is -0.893. The molecule has 1 fully saturated rings. The van der Waals surface area contributed by atoms with E-state index < -0.39 is 5.97 Å². The Hall–Kier alpha value is -1.88. The summed E-state index contributed by atoms with van der Waals surface area (Å²) in [6.07, 6.45) is 2.42. The lowest BCUT2D eigenvalue weighted by atomic mass is 10.2. The Labute approximate surface area is 117 Å². The van der Waals surface area contributed by atoms with Crippen LogP contribution in [0.4, 0.5) is 0 Å². The molecule has 5 heteroatoms. The molecule has 5 nitrogen and oxygen atoms in total. The van der Waals surface area contributed by atoms with Gasteiger partial charge in [-0.25, -0.2) is 9.78 Å². The Bertz CT molecular complexity index is 662. The van der Waals surface area contributed by atoms with E-state index in [0.29, 0.717) is 11.6 Å². The highest BCUT2D eigenvalue weighted by molar-refractivity contribution is 5.92. The summed E-state index contributed by atoms with van der Waals surface area (Å²) in [6.45, 7) is 3.99. The molecule has 1 saturated heterocycles. The van der Waals surface area contributed by atoms with Gasteiger partial charge in [-0.05, 0) is 51.6 Å². The number of likely N-dealkylation sites (N-methyl/N-ethyl adjacent to an activating group) is 1. The second-order valence-corrected chi connectivity index (χ2v) is 5.55. The fourth-order valence-corrected chi connectivity index (χ4v) is 3.03. The topological polar surface area (TPSA) is 58.4 Å². The van der Waals surface area contributed by atoms with Crippen LogP contribution in [0, 0.1) is 6.92 Å². The van der Waals surface area contributed by atoms with Crippen molar-refractivity contribution in [3.8, 4) is 0 Å². The molecular weight excluding hydrogens is 254 g/mol. The van der Waals surface area contributed by atoms with E-state index >= 15 is 0 Å². The molecule has 2 heterocycles. The molecule has 0 aliphatic carbocycles. The molecule has 0 bridgehead atoms. The number of carbonyl (C=O) groups is 1. The van der Waals surface area contributed by atoms with E-state index in [-0.39, 0.29) is 0 Å². The van der Waals surface area contributed by atoms with Crippen molar-refractivity contribution in [2.45, 2.75) is 32.4 Å². The van der Waals surface area contributed by atoms with Crippen LogP contribution in [0.15, 0.2) is 18.2 Å². The van der Waals surface area contributed by atoms with E-state index in [2.05, 4.69) is 21.5 Å². The van der Waals surface area contributed by atoms with E-state index in [4.69, 9.17) is 5.11 Å². The fourth-order valence-electron chi connectivity index (χ4n) is 3.03. The molecule has 1 aliphatic rings. The minimum Gasteiger partial charge on any atom is -0.478 e. The van der Waals surface area contributed by atoms with Crippen LogP contribution in [0.25, 0.3) is 11.0 Å². The van der Waals surface area contributed by atoms with Crippen LogP contribution >= 0.6 is 0 Å². The van der Waals surface area contributed by atoms with Crippen molar-refractivity contribution in [3.63, 3.8) is 0 Å². The number of aromatic carboxylic acids is 1. The first-order valence-corrected chi connectivity index (χ1v) is 6.96. The number of likely N-dealkylation sites (tertiary alicyclic amines) is 1. The Morgan fingerprint density at radius 1 is 1.50 bits per heavy atom. The highest BCUT2D eigenvalue weighted by Crippen LogP contribution is 2.22. The van der Waals surface area contributed by atoms with Gasteiger partial charge in [0.2, 0.25) is 0 Å². The van der Waals surface area contributed by atoms with Crippen LogP contribution in [0.5, 0.6) is 0 Å². The van der Waals surface area contributed by atoms with Gasteiger partial charge >= 0.3 is 5.97 Å². The highest BCUT2D eigenvalue weighted by Gasteiger charge is 2.22. The zero-order valence-corrected chi connectivity index (χ0v) is 11.8. The van der Waals surface area contributed by atoms with Crippen LogP contribution < -0.4 is 0 Å². The lowest BCUT2D eigenvalue weighted by molar-refractivity contribution is 0.0697. The lowest BCUT2D eigenvalue weighted by Gasteiger charge is -2.21. The zero-order valence-electron chi connectivity index (χ0n) is 11.8. The minimum absolute atomic E-state index is 0.318. The summed E-state index contributed by atoms with van der Waals surface area (Å²) in [7, 11) is 2.15. The third-order valence-corrected chi connectivity index (χ3v) is 4.25. The smallest absolute Gasteiger partial charge is 0.335 e. The number of fused-ring (bicyclic) bond motifs is 1. The maximum Gasteiger partial charge on any atom is 0.335 e. The summed E-state index contributed by atoms with van der Waals surface area (Å²) in [5.41, 5.74) is 2.11. The van der Waals surface area contributed by atoms with Crippen LogP contribution in [0.1, 0.15) is 29.0 Å². The van der Waals surface area contributed by atoms with Crippen molar-refractivity contribution in [2.75, 3.05) is 13.6 Å². The van der Waals surface area contributed by atoms with Gasteiger partial charge in [0.15, 0.2) is 0 Å². The molecule has 2 aromatic rings. The van der Waals surface area contributed by atoms with Crippen molar-refractivity contribution >= 4 is 17.0 Å².